The van der Waals surface area contributed by atoms with E-state index in [1.165, 1.54) is 14.2 Å². The Hall–Kier alpha value is -3.42. The van der Waals surface area contributed by atoms with Gasteiger partial charge in [0.05, 0.1) is 26.5 Å². The number of ether oxygens (including phenoxy) is 4. The fourth-order valence-corrected chi connectivity index (χ4v) is 2.41. The van der Waals surface area contributed by atoms with Crippen LogP contribution >= 0.6 is 0 Å². The SMILES string of the molecule is COc1ccc(OC)c(NC(=O)CNC(=O)c2ccc3c(c2)OCO3)c1. The van der Waals surface area contributed by atoms with Gasteiger partial charge in [-0.1, -0.05) is 0 Å². The Balaban J connectivity index is 1.59. The number of carbonyl (C=O) groups excluding carboxylic acids is 2. The van der Waals surface area contributed by atoms with Crippen molar-refractivity contribution in [1.82, 2.24) is 5.32 Å². The van der Waals surface area contributed by atoms with Gasteiger partial charge >= 0.3 is 0 Å². The van der Waals surface area contributed by atoms with Crippen molar-refractivity contribution in [2.75, 3.05) is 32.9 Å². The molecule has 2 amide bonds. The molecule has 0 fully saturated rings. The quantitative estimate of drug-likeness (QED) is 0.818. The van der Waals surface area contributed by atoms with E-state index in [-0.39, 0.29) is 13.3 Å². The van der Waals surface area contributed by atoms with Crippen LogP contribution in [-0.4, -0.2) is 39.4 Å². The first-order valence-electron chi connectivity index (χ1n) is 7.80. The molecule has 0 radical (unpaired) electrons. The number of rotatable bonds is 6. The summed E-state index contributed by atoms with van der Waals surface area (Å²) in [4.78, 5) is 24.3. The van der Waals surface area contributed by atoms with Gasteiger partial charge in [0, 0.05) is 11.6 Å². The number of hydrogen-bond acceptors (Lipinski definition) is 6. The number of benzene rings is 2. The third-order valence-corrected chi connectivity index (χ3v) is 3.72. The number of methoxy groups -OCH3 is 2. The van der Waals surface area contributed by atoms with Crippen molar-refractivity contribution >= 4 is 17.5 Å². The van der Waals surface area contributed by atoms with Crippen molar-refractivity contribution in [2.24, 2.45) is 0 Å². The first-order valence-corrected chi connectivity index (χ1v) is 7.80. The molecule has 0 bridgehead atoms. The first-order chi connectivity index (χ1) is 12.6. The van der Waals surface area contributed by atoms with Crippen molar-refractivity contribution < 1.29 is 28.5 Å². The number of hydrogen-bond donors (Lipinski definition) is 2. The summed E-state index contributed by atoms with van der Waals surface area (Å²) in [6.07, 6.45) is 0. The largest absolute Gasteiger partial charge is 0.497 e. The van der Waals surface area contributed by atoms with Crippen molar-refractivity contribution in [3.63, 3.8) is 0 Å². The van der Waals surface area contributed by atoms with E-state index in [1.54, 1.807) is 36.4 Å². The van der Waals surface area contributed by atoms with E-state index in [2.05, 4.69) is 10.6 Å². The van der Waals surface area contributed by atoms with Crippen molar-refractivity contribution in [3.8, 4) is 23.0 Å². The number of amides is 2. The minimum Gasteiger partial charge on any atom is -0.497 e. The molecule has 26 heavy (non-hydrogen) atoms. The van der Waals surface area contributed by atoms with Gasteiger partial charge < -0.3 is 29.6 Å². The van der Waals surface area contributed by atoms with E-state index in [0.29, 0.717) is 34.2 Å². The van der Waals surface area contributed by atoms with E-state index in [1.807, 2.05) is 0 Å². The molecular weight excluding hydrogens is 340 g/mol. The maximum absolute atomic E-state index is 12.2. The van der Waals surface area contributed by atoms with Gasteiger partial charge in [-0.05, 0) is 30.3 Å². The van der Waals surface area contributed by atoms with Crippen molar-refractivity contribution in [1.29, 1.82) is 0 Å². The number of fused-ring (bicyclic) bond motifs is 1. The molecule has 0 spiro atoms. The maximum atomic E-state index is 12.2. The van der Waals surface area contributed by atoms with Crippen LogP contribution in [0.25, 0.3) is 0 Å². The highest BCUT2D eigenvalue weighted by Crippen LogP contribution is 2.32. The zero-order valence-electron chi connectivity index (χ0n) is 14.3. The Morgan fingerprint density at radius 1 is 1.04 bits per heavy atom. The molecule has 1 heterocycles. The Kier molecular flexibility index (Phi) is 5.12. The lowest BCUT2D eigenvalue weighted by Crippen LogP contribution is -2.32. The van der Waals surface area contributed by atoms with Crippen LogP contribution in [0.5, 0.6) is 23.0 Å². The van der Waals surface area contributed by atoms with Crippen LogP contribution in [0, 0.1) is 0 Å². The molecule has 8 nitrogen and oxygen atoms in total. The summed E-state index contributed by atoms with van der Waals surface area (Å²) in [6.45, 7) is -0.0706. The topological polar surface area (TPSA) is 95.1 Å². The molecule has 0 unspecified atom stereocenters. The third kappa shape index (κ3) is 3.80. The summed E-state index contributed by atoms with van der Waals surface area (Å²) < 4.78 is 20.8. The average molecular weight is 358 g/mol. The van der Waals surface area contributed by atoms with Gasteiger partial charge in [0.25, 0.3) is 5.91 Å². The first kappa shape index (κ1) is 17.4. The van der Waals surface area contributed by atoms with Crippen LogP contribution in [0.4, 0.5) is 5.69 Å². The zero-order chi connectivity index (χ0) is 18.5. The molecule has 0 aromatic heterocycles. The second-order valence-electron chi connectivity index (χ2n) is 5.37. The molecule has 0 aliphatic carbocycles. The van der Waals surface area contributed by atoms with Crippen molar-refractivity contribution in [2.45, 2.75) is 0 Å². The number of anilines is 1. The lowest BCUT2D eigenvalue weighted by atomic mass is 10.2. The van der Waals surface area contributed by atoms with Crippen LogP contribution in [0.2, 0.25) is 0 Å². The highest BCUT2D eigenvalue weighted by atomic mass is 16.7. The Morgan fingerprint density at radius 3 is 2.62 bits per heavy atom. The monoisotopic (exact) mass is 358 g/mol. The molecule has 0 saturated heterocycles. The van der Waals surface area contributed by atoms with Gasteiger partial charge in [-0.15, -0.1) is 0 Å². The van der Waals surface area contributed by atoms with Crippen LogP contribution in [0.15, 0.2) is 36.4 Å². The molecular formula is C18H18N2O6. The van der Waals surface area contributed by atoms with Gasteiger partial charge in [-0.3, -0.25) is 9.59 Å². The van der Waals surface area contributed by atoms with E-state index in [0.717, 1.165) is 0 Å². The van der Waals surface area contributed by atoms with Crippen LogP contribution in [-0.2, 0) is 4.79 Å². The van der Waals surface area contributed by atoms with Gasteiger partial charge in [0.15, 0.2) is 11.5 Å². The highest BCUT2D eigenvalue weighted by molar-refractivity contribution is 6.00. The van der Waals surface area contributed by atoms with Crippen LogP contribution < -0.4 is 29.6 Å². The van der Waals surface area contributed by atoms with E-state index >= 15 is 0 Å². The molecule has 0 saturated carbocycles. The van der Waals surface area contributed by atoms with Gasteiger partial charge in [-0.25, -0.2) is 0 Å². The van der Waals surface area contributed by atoms with Crippen molar-refractivity contribution in [3.05, 3.63) is 42.0 Å². The summed E-state index contributed by atoms with van der Waals surface area (Å²) in [5, 5.41) is 5.24. The molecule has 1 aliphatic heterocycles. The zero-order valence-corrected chi connectivity index (χ0v) is 14.3. The summed E-state index contributed by atoms with van der Waals surface area (Å²) >= 11 is 0. The molecule has 2 aromatic carbocycles. The number of nitrogens with one attached hydrogen (secondary N) is 2. The fraction of sp³-hybridized carbons (Fsp3) is 0.222. The summed E-state index contributed by atoms with van der Waals surface area (Å²) in [5.74, 6) is 1.36. The fourth-order valence-electron chi connectivity index (χ4n) is 2.41. The smallest absolute Gasteiger partial charge is 0.251 e. The lowest BCUT2D eigenvalue weighted by molar-refractivity contribution is -0.115. The van der Waals surface area contributed by atoms with Crippen LogP contribution in [0.1, 0.15) is 10.4 Å². The minimum absolute atomic E-state index is 0.130. The van der Waals surface area contributed by atoms with Gasteiger partial charge in [0.1, 0.15) is 11.5 Å². The van der Waals surface area contributed by atoms with E-state index in [4.69, 9.17) is 18.9 Å². The predicted octanol–water partition coefficient (Wildman–Crippen LogP) is 1.80. The van der Waals surface area contributed by atoms with Gasteiger partial charge in [-0.2, -0.15) is 0 Å². The molecule has 2 N–H and O–H groups in total. The molecule has 3 rings (SSSR count). The number of carbonyl (C=O) groups is 2. The van der Waals surface area contributed by atoms with E-state index in [9.17, 15) is 9.59 Å². The van der Waals surface area contributed by atoms with Crippen LogP contribution in [0.3, 0.4) is 0 Å². The lowest BCUT2D eigenvalue weighted by Gasteiger charge is -2.12. The normalized spacial score (nSPS) is 11.6. The summed E-state index contributed by atoms with van der Waals surface area (Å²) in [5.41, 5.74) is 0.829. The standard InChI is InChI=1S/C18H18N2O6/c1-23-12-4-6-14(24-2)13(8-12)20-17(21)9-19-18(22)11-3-5-15-16(7-11)26-10-25-15/h3-8H,9-10H2,1-2H3,(H,19,22)(H,20,21). The summed E-state index contributed by atoms with van der Waals surface area (Å²) in [6, 6.07) is 9.86. The Labute approximate surface area is 150 Å². The predicted molar refractivity (Wildman–Crippen MR) is 93.1 cm³/mol. The highest BCUT2D eigenvalue weighted by Gasteiger charge is 2.17. The third-order valence-electron chi connectivity index (χ3n) is 3.72. The molecule has 136 valence electrons. The average Bonchev–Trinajstić information content (AvgIpc) is 3.13. The molecule has 8 heteroatoms. The Bertz CT molecular complexity index is 836. The molecule has 1 aliphatic rings. The summed E-state index contributed by atoms with van der Waals surface area (Å²) in [7, 11) is 3.03. The molecule has 2 aromatic rings. The van der Waals surface area contributed by atoms with Gasteiger partial charge in [0.2, 0.25) is 12.7 Å². The van der Waals surface area contributed by atoms with E-state index < -0.39 is 11.8 Å². The Morgan fingerprint density at radius 2 is 1.85 bits per heavy atom. The molecule has 0 atom stereocenters. The second kappa shape index (κ2) is 7.64. The maximum Gasteiger partial charge on any atom is 0.251 e. The second-order valence-corrected chi connectivity index (χ2v) is 5.37. The minimum atomic E-state index is -0.398.